The Morgan fingerprint density at radius 2 is 1.62 bits per heavy atom. The zero-order valence-corrected chi connectivity index (χ0v) is 14.9. The van der Waals surface area contributed by atoms with Crippen LogP contribution in [0.2, 0.25) is 0 Å². The Bertz CT molecular complexity index is 785. The SMILES string of the molecule is C=CCOc1ccc(C(=O)NNC(=O)c2ccc(CC)cc2)cc1OC. The monoisotopic (exact) mass is 354 g/mol. The molecule has 0 aliphatic carbocycles. The number of ether oxygens (including phenoxy) is 2. The summed E-state index contributed by atoms with van der Waals surface area (Å²) in [6.45, 7) is 5.95. The lowest BCUT2D eigenvalue weighted by Crippen LogP contribution is -2.41. The van der Waals surface area contributed by atoms with E-state index in [1.165, 1.54) is 13.2 Å². The van der Waals surface area contributed by atoms with Gasteiger partial charge >= 0.3 is 0 Å². The van der Waals surface area contributed by atoms with Crippen molar-refractivity contribution in [1.29, 1.82) is 0 Å². The normalized spacial score (nSPS) is 9.92. The van der Waals surface area contributed by atoms with Crippen LogP contribution >= 0.6 is 0 Å². The lowest BCUT2D eigenvalue weighted by Gasteiger charge is -2.12. The molecule has 2 aromatic rings. The van der Waals surface area contributed by atoms with Crippen molar-refractivity contribution in [3.8, 4) is 11.5 Å². The fourth-order valence-electron chi connectivity index (χ4n) is 2.23. The highest BCUT2D eigenvalue weighted by Gasteiger charge is 2.12. The van der Waals surface area contributed by atoms with Crippen molar-refractivity contribution in [2.45, 2.75) is 13.3 Å². The Hall–Kier alpha value is -3.28. The molecule has 0 atom stereocenters. The van der Waals surface area contributed by atoms with E-state index in [0.717, 1.165) is 12.0 Å². The van der Waals surface area contributed by atoms with Crippen molar-refractivity contribution in [3.05, 3.63) is 71.8 Å². The van der Waals surface area contributed by atoms with E-state index in [1.54, 1.807) is 30.3 Å². The van der Waals surface area contributed by atoms with Crippen LogP contribution in [0.1, 0.15) is 33.2 Å². The molecule has 0 aromatic heterocycles. The zero-order valence-electron chi connectivity index (χ0n) is 14.9. The molecule has 0 bridgehead atoms. The highest BCUT2D eigenvalue weighted by molar-refractivity contribution is 5.99. The molecule has 136 valence electrons. The summed E-state index contributed by atoms with van der Waals surface area (Å²) in [7, 11) is 1.49. The Morgan fingerprint density at radius 1 is 1.00 bits per heavy atom. The fraction of sp³-hybridized carbons (Fsp3) is 0.200. The molecule has 0 unspecified atom stereocenters. The molecule has 2 amide bonds. The molecule has 2 N–H and O–H groups in total. The second-order valence-corrected chi connectivity index (χ2v) is 5.42. The third kappa shape index (κ3) is 4.86. The largest absolute Gasteiger partial charge is 0.493 e. The third-order valence-corrected chi connectivity index (χ3v) is 3.70. The summed E-state index contributed by atoms with van der Waals surface area (Å²) in [6, 6.07) is 11.9. The number of hydrogen-bond acceptors (Lipinski definition) is 4. The summed E-state index contributed by atoms with van der Waals surface area (Å²) in [5.41, 5.74) is 6.72. The first-order chi connectivity index (χ1) is 12.6. The van der Waals surface area contributed by atoms with Gasteiger partial charge in [-0.1, -0.05) is 31.7 Å². The van der Waals surface area contributed by atoms with Crippen molar-refractivity contribution in [2.75, 3.05) is 13.7 Å². The van der Waals surface area contributed by atoms with Gasteiger partial charge in [-0.25, -0.2) is 0 Å². The van der Waals surface area contributed by atoms with E-state index in [2.05, 4.69) is 17.4 Å². The van der Waals surface area contributed by atoms with Gasteiger partial charge in [0.05, 0.1) is 7.11 Å². The average molecular weight is 354 g/mol. The second kappa shape index (κ2) is 9.27. The molecule has 26 heavy (non-hydrogen) atoms. The van der Waals surface area contributed by atoms with Crippen LogP contribution in [-0.2, 0) is 6.42 Å². The van der Waals surface area contributed by atoms with Crippen LogP contribution in [0.3, 0.4) is 0 Å². The van der Waals surface area contributed by atoms with Gasteiger partial charge in [-0.2, -0.15) is 0 Å². The van der Waals surface area contributed by atoms with Gasteiger partial charge < -0.3 is 9.47 Å². The van der Waals surface area contributed by atoms with Crippen LogP contribution < -0.4 is 20.3 Å². The standard InChI is InChI=1S/C20H22N2O4/c1-4-12-26-17-11-10-16(13-18(17)25-3)20(24)22-21-19(23)15-8-6-14(5-2)7-9-15/h4,6-11,13H,1,5,12H2,2-3H3,(H,21,23)(H,22,24). The summed E-state index contributed by atoms with van der Waals surface area (Å²) in [5, 5.41) is 0. The number of carbonyl (C=O) groups is 2. The number of carbonyl (C=O) groups excluding carboxylic acids is 2. The van der Waals surface area contributed by atoms with Gasteiger partial charge in [0.1, 0.15) is 6.61 Å². The van der Waals surface area contributed by atoms with Gasteiger partial charge in [-0.05, 0) is 42.3 Å². The molecule has 0 saturated carbocycles. The van der Waals surface area contributed by atoms with Crippen molar-refractivity contribution in [2.24, 2.45) is 0 Å². The smallest absolute Gasteiger partial charge is 0.269 e. The van der Waals surface area contributed by atoms with Crippen molar-refractivity contribution in [3.63, 3.8) is 0 Å². The summed E-state index contributed by atoms with van der Waals surface area (Å²) in [4.78, 5) is 24.3. The molecule has 0 aliphatic heterocycles. The molecule has 0 spiro atoms. The summed E-state index contributed by atoms with van der Waals surface area (Å²) in [5.74, 6) is 0.0704. The minimum absolute atomic E-state index is 0.328. The van der Waals surface area contributed by atoms with Gasteiger partial charge in [0.25, 0.3) is 11.8 Å². The van der Waals surface area contributed by atoms with E-state index in [0.29, 0.717) is 29.2 Å². The quantitative estimate of drug-likeness (QED) is 0.592. The first-order valence-corrected chi connectivity index (χ1v) is 8.20. The second-order valence-electron chi connectivity index (χ2n) is 5.42. The van der Waals surface area contributed by atoms with Crippen LogP contribution in [0.4, 0.5) is 0 Å². The minimum Gasteiger partial charge on any atom is -0.493 e. The lowest BCUT2D eigenvalue weighted by atomic mass is 10.1. The van der Waals surface area contributed by atoms with Crippen LogP contribution in [0, 0.1) is 0 Å². The van der Waals surface area contributed by atoms with Crippen molar-refractivity contribution < 1.29 is 19.1 Å². The molecule has 2 aromatic carbocycles. The highest BCUT2D eigenvalue weighted by atomic mass is 16.5. The number of rotatable bonds is 7. The number of nitrogens with one attached hydrogen (secondary N) is 2. The predicted octanol–water partition coefficient (Wildman–Crippen LogP) is 2.90. The van der Waals surface area contributed by atoms with E-state index in [1.807, 2.05) is 19.1 Å². The van der Waals surface area contributed by atoms with Gasteiger partial charge in [-0.3, -0.25) is 20.4 Å². The molecular formula is C20H22N2O4. The molecule has 0 aliphatic rings. The lowest BCUT2D eigenvalue weighted by molar-refractivity contribution is 0.0846. The van der Waals surface area contributed by atoms with Crippen LogP contribution in [0.15, 0.2) is 55.1 Å². The average Bonchev–Trinajstić information content (AvgIpc) is 2.70. The first kappa shape index (κ1) is 19.1. The Balaban J connectivity index is 2.00. The summed E-state index contributed by atoms with van der Waals surface area (Å²) in [6.07, 6.45) is 2.51. The van der Waals surface area contributed by atoms with Crippen molar-refractivity contribution >= 4 is 11.8 Å². The van der Waals surface area contributed by atoms with E-state index in [4.69, 9.17) is 9.47 Å². The summed E-state index contributed by atoms with van der Waals surface area (Å²) >= 11 is 0. The van der Waals surface area contributed by atoms with Crippen LogP contribution in [0.5, 0.6) is 11.5 Å². The molecule has 0 fully saturated rings. The van der Waals surface area contributed by atoms with E-state index < -0.39 is 5.91 Å². The fourth-order valence-corrected chi connectivity index (χ4v) is 2.23. The molecule has 0 saturated heterocycles. The maximum Gasteiger partial charge on any atom is 0.269 e. The third-order valence-electron chi connectivity index (χ3n) is 3.70. The number of amides is 2. The molecule has 0 heterocycles. The van der Waals surface area contributed by atoms with Crippen molar-refractivity contribution in [1.82, 2.24) is 10.9 Å². The molecular weight excluding hydrogens is 332 g/mol. The van der Waals surface area contributed by atoms with E-state index >= 15 is 0 Å². The Morgan fingerprint density at radius 3 is 2.19 bits per heavy atom. The van der Waals surface area contributed by atoms with Gasteiger partial charge in [0, 0.05) is 11.1 Å². The predicted molar refractivity (Wildman–Crippen MR) is 99.4 cm³/mol. The van der Waals surface area contributed by atoms with E-state index in [9.17, 15) is 9.59 Å². The Labute approximate surface area is 152 Å². The zero-order chi connectivity index (χ0) is 18.9. The van der Waals surface area contributed by atoms with Gasteiger partial charge in [0.15, 0.2) is 11.5 Å². The van der Waals surface area contributed by atoms with Gasteiger partial charge in [-0.15, -0.1) is 0 Å². The number of benzene rings is 2. The van der Waals surface area contributed by atoms with E-state index in [-0.39, 0.29) is 5.91 Å². The van der Waals surface area contributed by atoms with Gasteiger partial charge in [0.2, 0.25) is 0 Å². The minimum atomic E-state index is -0.461. The first-order valence-electron chi connectivity index (χ1n) is 8.20. The number of hydrogen-bond donors (Lipinski definition) is 2. The maximum atomic E-state index is 12.2. The maximum absolute atomic E-state index is 12.2. The van der Waals surface area contributed by atoms with Crippen LogP contribution in [0.25, 0.3) is 0 Å². The summed E-state index contributed by atoms with van der Waals surface area (Å²) < 4.78 is 10.7. The number of methoxy groups -OCH3 is 1. The number of hydrazine groups is 1. The Kier molecular flexibility index (Phi) is 6.79. The molecule has 6 nitrogen and oxygen atoms in total. The van der Waals surface area contributed by atoms with Crippen LogP contribution in [-0.4, -0.2) is 25.5 Å². The molecule has 2 rings (SSSR count). The topological polar surface area (TPSA) is 76.7 Å². The highest BCUT2D eigenvalue weighted by Crippen LogP contribution is 2.28. The number of aryl methyl sites for hydroxylation is 1. The molecule has 6 heteroatoms. The molecule has 0 radical (unpaired) electrons.